The van der Waals surface area contributed by atoms with Gasteiger partial charge in [0.1, 0.15) is 0 Å². The van der Waals surface area contributed by atoms with Crippen LogP contribution in [0, 0.1) is 0 Å². The number of carbonyl (C=O) groups is 3. The Hall–Kier alpha value is -4.44. The van der Waals surface area contributed by atoms with E-state index in [1.807, 2.05) is 0 Å². The lowest BCUT2D eigenvalue weighted by atomic mass is 9.96. The Labute approximate surface area is 168 Å². The van der Waals surface area contributed by atoms with Crippen molar-refractivity contribution in [3.05, 3.63) is 48.0 Å². The van der Waals surface area contributed by atoms with Crippen LogP contribution in [0.4, 0.5) is 17.1 Å². The minimum Gasteiger partial charge on any atom is -0.462 e. The van der Waals surface area contributed by atoms with Crippen LogP contribution in [0.3, 0.4) is 0 Å². The third-order valence-corrected chi connectivity index (χ3v) is 3.29. The SMILES string of the molecule is CCOC(=O)c1c(N=[N+]=[N-])c(C(=O)OCC)c(N=[N+]=[N-])c(C(=O)OCC)c1N=[N+]=[N-]. The van der Waals surface area contributed by atoms with Gasteiger partial charge in [0.15, 0.2) is 0 Å². The van der Waals surface area contributed by atoms with Gasteiger partial charge < -0.3 is 14.2 Å². The average molecular weight is 417 g/mol. The van der Waals surface area contributed by atoms with Crippen LogP contribution in [0.1, 0.15) is 51.8 Å². The number of rotatable bonds is 9. The third-order valence-electron chi connectivity index (χ3n) is 3.29. The molecule has 15 heteroatoms. The Bertz CT molecular complexity index is 868. The number of hydrogen-bond donors (Lipinski definition) is 0. The van der Waals surface area contributed by atoms with Crippen molar-refractivity contribution in [2.45, 2.75) is 20.8 Å². The summed E-state index contributed by atoms with van der Waals surface area (Å²) in [5, 5.41) is 9.92. The van der Waals surface area contributed by atoms with E-state index in [1.165, 1.54) is 20.8 Å². The van der Waals surface area contributed by atoms with Crippen molar-refractivity contribution in [2.24, 2.45) is 15.3 Å². The van der Waals surface area contributed by atoms with Crippen LogP contribution in [0.2, 0.25) is 0 Å². The third kappa shape index (κ3) is 4.88. The van der Waals surface area contributed by atoms with Gasteiger partial charge in [0.05, 0.1) is 53.6 Å². The van der Waals surface area contributed by atoms with Crippen LogP contribution >= 0.6 is 0 Å². The van der Waals surface area contributed by atoms with Gasteiger partial charge in [-0.15, -0.1) is 0 Å². The van der Waals surface area contributed by atoms with Crippen molar-refractivity contribution in [3.63, 3.8) is 0 Å². The van der Waals surface area contributed by atoms with Gasteiger partial charge in [-0.1, -0.05) is 15.3 Å². The van der Waals surface area contributed by atoms with Crippen molar-refractivity contribution < 1.29 is 28.6 Å². The molecule has 0 unspecified atom stereocenters. The summed E-state index contributed by atoms with van der Waals surface area (Å²) in [6, 6.07) is 0. The molecule has 0 radical (unpaired) electrons. The summed E-state index contributed by atoms with van der Waals surface area (Å²) in [6.07, 6.45) is 0. The zero-order valence-electron chi connectivity index (χ0n) is 16.1. The maximum absolute atomic E-state index is 12.6. The summed E-state index contributed by atoms with van der Waals surface area (Å²) in [5.41, 5.74) is 22.7. The van der Waals surface area contributed by atoms with Crippen LogP contribution in [0.5, 0.6) is 0 Å². The lowest BCUT2D eigenvalue weighted by Gasteiger charge is -2.18. The molecule has 30 heavy (non-hydrogen) atoms. The van der Waals surface area contributed by atoms with Gasteiger partial charge in [-0.3, -0.25) is 0 Å². The molecule has 0 aliphatic rings. The molecular weight excluding hydrogens is 402 g/mol. The van der Waals surface area contributed by atoms with Crippen LogP contribution < -0.4 is 0 Å². The first kappa shape index (κ1) is 23.6. The topological polar surface area (TPSA) is 225 Å². The molecule has 0 N–H and O–H groups in total. The predicted octanol–water partition coefficient (Wildman–Crippen LogP) is 5.04. The molecule has 1 rings (SSSR count). The number of esters is 3. The van der Waals surface area contributed by atoms with E-state index in [-0.39, 0.29) is 19.8 Å². The molecule has 0 atom stereocenters. The fourth-order valence-corrected chi connectivity index (χ4v) is 2.34. The Morgan fingerprint density at radius 2 is 0.867 bits per heavy atom. The molecule has 1 aromatic rings. The van der Waals surface area contributed by atoms with E-state index in [4.69, 9.17) is 30.8 Å². The summed E-state index contributed by atoms with van der Waals surface area (Å²) in [6.45, 7) is 3.95. The highest BCUT2D eigenvalue weighted by molar-refractivity contribution is 6.17. The molecule has 0 amide bonds. The molecule has 0 spiro atoms. The van der Waals surface area contributed by atoms with Gasteiger partial charge in [-0.25, -0.2) is 14.4 Å². The largest absolute Gasteiger partial charge is 0.462 e. The molecule has 0 saturated heterocycles. The summed E-state index contributed by atoms with van der Waals surface area (Å²) in [7, 11) is 0. The van der Waals surface area contributed by atoms with Crippen molar-refractivity contribution in [3.8, 4) is 0 Å². The molecular formula is C15H15N9O6. The molecule has 15 nitrogen and oxygen atoms in total. The molecule has 0 heterocycles. The number of benzene rings is 1. The molecule has 0 bridgehead atoms. The first-order valence-electron chi connectivity index (χ1n) is 8.33. The maximum atomic E-state index is 12.6. The van der Waals surface area contributed by atoms with Gasteiger partial charge >= 0.3 is 17.9 Å². The standard InChI is InChI=1S/C15H15N9O6/c1-4-28-13(25)7-10(19-22-16)8(14(26)29-5-2)12(21-24-18)9(11(7)20-23-17)15(27)30-6-3/h4-6H2,1-3H3. The summed E-state index contributed by atoms with van der Waals surface area (Å²) >= 11 is 0. The molecule has 0 aliphatic carbocycles. The second kappa shape index (κ2) is 11.4. The van der Waals surface area contributed by atoms with Crippen molar-refractivity contribution in [1.29, 1.82) is 0 Å². The monoisotopic (exact) mass is 417 g/mol. The van der Waals surface area contributed by atoms with Crippen LogP contribution in [-0.4, -0.2) is 37.7 Å². The van der Waals surface area contributed by atoms with E-state index >= 15 is 0 Å². The number of ether oxygens (including phenoxy) is 3. The van der Waals surface area contributed by atoms with E-state index in [0.717, 1.165) is 0 Å². The predicted molar refractivity (Wildman–Crippen MR) is 101 cm³/mol. The number of azide groups is 3. The van der Waals surface area contributed by atoms with Crippen molar-refractivity contribution in [2.75, 3.05) is 19.8 Å². The molecule has 156 valence electrons. The maximum Gasteiger partial charge on any atom is 0.339 e. The summed E-state index contributed by atoms with van der Waals surface area (Å²) < 4.78 is 14.6. The van der Waals surface area contributed by atoms with Crippen molar-refractivity contribution >= 4 is 35.0 Å². The Morgan fingerprint density at radius 1 is 0.633 bits per heavy atom. The quantitative estimate of drug-likeness (QED) is 0.175. The van der Waals surface area contributed by atoms with Crippen LogP contribution in [-0.2, 0) is 14.2 Å². The fraction of sp³-hybridized carbons (Fsp3) is 0.400. The molecule has 0 aliphatic heterocycles. The minimum atomic E-state index is -1.18. The van der Waals surface area contributed by atoms with E-state index in [9.17, 15) is 14.4 Å². The second-order valence-electron chi connectivity index (χ2n) is 4.90. The summed E-state index contributed by atoms with van der Waals surface area (Å²) in [5.74, 6) is -3.53. The fourth-order valence-electron chi connectivity index (χ4n) is 2.34. The van der Waals surface area contributed by atoms with E-state index in [2.05, 4.69) is 30.1 Å². The first-order valence-corrected chi connectivity index (χ1v) is 8.33. The Morgan fingerprint density at radius 3 is 1.03 bits per heavy atom. The van der Waals surface area contributed by atoms with Gasteiger partial charge in [0.25, 0.3) is 0 Å². The Kier molecular flexibility index (Phi) is 8.98. The smallest absolute Gasteiger partial charge is 0.339 e. The molecule has 0 aromatic heterocycles. The zero-order valence-corrected chi connectivity index (χ0v) is 16.1. The first-order chi connectivity index (χ1) is 14.4. The van der Waals surface area contributed by atoms with Crippen LogP contribution in [0.15, 0.2) is 15.3 Å². The highest BCUT2D eigenvalue weighted by atomic mass is 16.5. The Balaban J connectivity index is 4.42. The van der Waals surface area contributed by atoms with Gasteiger partial charge in [-0.2, -0.15) is 0 Å². The van der Waals surface area contributed by atoms with E-state index in [1.54, 1.807) is 0 Å². The number of hydrogen-bond acceptors (Lipinski definition) is 9. The lowest BCUT2D eigenvalue weighted by Crippen LogP contribution is -2.15. The second-order valence-corrected chi connectivity index (χ2v) is 4.90. The number of carbonyl (C=O) groups excluding carboxylic acids is 3. The lowest BCUT2D eigenvalue weighted by molar-refractivity contribution is 0.0528. The van der Waals surface area contributed by atoms with Crippen molar-refractivity contribution in [1.82, 2.24) is 0 Å². The van der Waals surface area contributed by atoms with Gasteiger partial charge in [0, 0.05) is 14.7 Å². The van der Waals surface area contributed by atoms with E-state index < -0.39 is 51.7 Å². The highest BCUT2D eigenvalue weighted by Gasteiger charge is 2.34. The highest BCUT2D eigenvalue weighted by Crippen LogP contribution is 2.45. The van der Waals surface area contributed by atoms with Gasteiger partial charge in [0.2, 0.25) is 0 Å². The summed E-state index contributed by atoms with van der Waals surface area (Å²) in [4.78, 5) is 45.4. The minimum absolute atomic E-state index is 0.147. The normalized spacial score (nSPS) is 9.30. The number of nitrogens with zero attached hydrogens (tertiary/aromatic N) is 9. The molecule has 1 aromatic carbocycles. The zero-order chi connectivity index (χ0) is 22.7. The molecule has 0 fully saturated rings. The van der Waals surface area contributed by atoms with Gasteiger partial charge in [-0.05, 0) is 37.4 Å². The average Bonchev–Trinajstić information content (AvgIpc) is 2.69. The molecule has 0 saturated carbocycles. The van der Waals surface area contributed by atoms with Crippen LogP contribution in [0.25, 0.3) is 31.3 Å². The van der Waals surface area contributed by atoms with E-state index in [0.29, 0.717) is 0 Å².